The molecular formula is C9H7Cu2NO. The van der Waals surface area contributed by atoms with Gasteiger partial charge in [0.2, 0.25) is 0 Å². The van der Waals surface area contributed by atoms with Crippen molar-refractivity contribution < 1.29 is 39.2 Å². The van der Waals surface area contributed by atoms with Gasteiger partial charge in [0.25, 0.3) is 0 Å². The number of hydrogen-bond donors (Lipinski definition) is 1. The first kappa shape index (κ1) is 12.5. The average molecular weight is 272 g/mol. The van der Waals surface area contributed by atoms with Crippen LogP contribution in [0.15, 0.2) is 36.5 Å². The van der Waals surface area contributed by atoms with Crippen LogP contribution in [0.1, 0.15) is 0 Å². The Labute approximate surface area is 97.3 Å². The van der Waals surface area contributed by atoms with Gasteiger partial charge in [0.15, 0.2) is 0 Å². The Kier molecular flexibility index (Phi) is 5.04. The van der Waals surface area contributed by atoms with E-state index in [1.54, 1.807) is 18.3 Å². The van der Waals surface area contributed by atoms with Crippen LogP contribution in [0.2, 0.25) is 0 Å². The summed E-state index contributed by atoms with van der Waals surface area (Å²) in [4.78, 5) is 4.03. The van der Waals surface area contributed by atoms with E-state index in [1.807, 2.05) is 18.2 Å². The van der Waals surface area contributed by atoms with E-state index in [1.165, 1.54) is 0 Å². The molecule has 0 amide bonds. The second kappa shape index (κ2) is 5.25. The average Bonchev–Trinajstić information content (AvgIpc) is 2.06. The van der Waals surface area contributed by atoms with Crippen LogP contribution in [0.3, 0.4) is 0 Å². The minimum Gasteiger partial charge on any atom is -0.506 e. The molecular weight excluding hydrogens is 265 g/mol. The van der Waals surface area contributed by atoms with Crippen molar-refractivity contribution >= 4 is 10.9 Å². The molecule has 0 aliphatic rings. The van der Waals surface area contributed by atoms with E-state index in [2.05, 4.69) is 4.98 Å². The maximum absolute atomic E-state index is 9.31. The fraction of sp³-hybridized carbons (Fsp3) is 0. The molecule has 1 aromatic heterocycles. The van der Waals surface area contributed by atoms with Crippen LogP contribution in [0.5, 0.6) is 5.75 Å². The van der Waals surface area contributed by atoms with Crippen LogP contribution in [0.4, 0.5) is 0 Å². The molecule has 2 rings (SSSR count). The molecule has 0 unspecified atom stereocenters. The van der Waals surface area contributed by atoms with Gasteiger partial charge in [-0.1, -0.05) is 18.2 Å². The largest absolute Gasteiger partial charge is 0.506 e. The van der Waals surface area contributed by atoms with Crippen molar-refractivity contribution in [2.24, 2.45) is 0 Å². The summed E-state index contributed by atoms with van der Waals surface area (Å²) in [6.07, 6.45) is 1.67. The van der Waals surface area contributed by atoms with Crippen molar-refractivity contribution in [1.82, 2.24) is 4.98 Å². The monoisotopic (exact) mass is 271 g/mol. The van der Waals surface area contributed by atoms with Gasteiger partial charge in [-0.05, 0) is 12.1 Å². The molecule has 1 aromatic carbocycles. The number of phenolic OH excluding ortho intramolecular Hbond substituents is 1. The molecule has 1 N–H and O–H groups in total. The summed E-state index contributed by atoms with van der Waals surface area (Å²) in [7, 11) is 0. The third-order valence-electron chi connectivity index (χ3n) is 1.61. The topological polar surface area (TPSA) is 33.1 Å². The summed E-state index contributed by atoms with van der Waals surface area (Å²) in [6.45, 7) is 0. The Bertz CT molecular complexity index is 387. The zero-order valence-corrected chi connectivity index (χ0v) is 8.34. The summed E-state index contributed by atoms with van der Waals surface area (Å²) >= 11 is 0. The number of pyridine rings is 1. The molecule has 0 fully saturated rings. The van der Waals surface area contributed by atoms with Crippen molar-refractivity contribution in [3.05, 3.63) is 36.5 Å². The van der Waals surface area contributed by atoms with E-state index < -0.39 is 0 Å². The van der Waals surface area contributed by atoms with E-state index in [-0.39, 0.29) is 39.9 Å². The van der Waals surface area contributed by atoms with Crippen molar-refractivity contribution in [3.63, 3.8) is 0 Å². The van der Waals surface area contributed by atoms with Gasteiger partial charge in [-0.2, -0.15) is 0 Å². The van der Waals surface area contributed by atoms with Crippen molar-refractivity contribution in [2.45, 2.75) is 0 Å². The number of benzene rings is 1. The van der Waals surface area contributed by atoms with Gasteiger partial charge < -0.3 is 5.11 Å². The van der Waals surface area contributed by atoms with Crippen molar-refractivity contribution in [3.8, 4) is 5.75 Å². The minimum atomic E-state index is 0. The molecule has 4 heteroatoms. The Morgan fingerprint density at radius 3 is 2.38 bits per heavy atom. The number of aromatic hydroxyl groups is 1. The molecule has 2 nitrogen and oxygen atoms in total. The number of para-hydroxylation sites is 1. The molecule has 76 valence electrons. The Hall–Kier alpha value is -0.531. The van der Waals surface area contributed by atoms with Crippen LogP contribution < -0.4 is 0 Å². The Morgan fingerprint density at radius 2 is 1.69 bits per heavy atom. The van der Waals surface area contributed by atoms with E-state index >= 15 is 0 Å². The van der Waals surface area contributed by atoms with Gasteiger partial charge in [0, 0.05) is 45.7 Å². The SMILES string of the molecule is Oc1cccc2cccnc12.[Cu].[Cu]. The first-order valence-electron chi connectivity index (χ1n) is 3.40. The Balaban J connectivity index is 0.000000720. The third-order valence-corrected chi connectivity index (χ3v) is 1.61. The molecule has 0 spiro atoms. The van der Waals surface area contributed by atoms with E-state index in [9.17, 15) is 5.11 Å². The van der Waals surface area contributed by atoms with Crippen LogP contribution in [0.25, 0.3) is 10.9 Å². The summed E-state index contributed by atoms with van der Waals surface area (Å²) < 4.78 is 0. The zero-order chi connectivity index (χ0) is 7.68. The minimum absolute atomic E-state index is 0. The number of nitrogens with zero attached hydrogens (tertiary/aromatic N) is 1. The molecule has 0 saturated carbocycles. The van der Waals surface area contributed by atoms with Crippen molar-refractivity contribution in [2.75, 3.05) is 0 Å². The van der Waals surface area contributed by atoms with E-state index in [0.29, 0.717) is 5.52 Å². The van der Waals surface area contributed by atoms with E-state index in [4.69, 9.17) is 0 Å². The maximum Gasteiger partial charge on any atom is 0.141 e. The standard InChI is InChI=1S/C9H7NO.2Cu/c11-8-5-1-3-7-4-2-6-10-9(7)8;;/h1-6,11H;;. The molecule has 2 radical (unpaired) electrons. The molecule has 0 atom stereocenters. The number of hydrogen-bond acceptors (Lipinski definition) is 2. The normalized spacial score (nSPS) is 8.62. The summed E-state index contributed by atoms with van der Waals surface area (Å²) in [5.74, 6) is 0.239. The second-order valence-corrected chi connectivity index (χ2v) is 2.35. The smallest absolute Gasteiger partial charge is 0.141 e. The van der Waals surface area contributed by atoms with Gasteiger partial charge in [-0.25, -0.2) is 0 Å². The predicted molar refractivity (Wildman–Crippen MR) is 43.4 cm³/mol. The quantitative estimate of drug-likeness (QED) is 0.743. The molecule has 13 heavy (non-hydrogen) atoms. The van der Waals surface area contributed by atoms with E-state index in [0.717, 1.165) is 5.39 Å². The predicted octanol–water partition coefficient (Wildman–Crippen LogP) is 1.94. The number of fused-ring (bicyclic) bond motifs is 1. The summed E-state index contributed by atoms with van der Waals surface area (Å²) in [5.41, 5.74) is 0.662. The second-order valence-electron chi connectivity index (χ2n) is 2.35. The zero-order valence-electron chi connectivity index (χ0n) is 6.46. The molecule has 0 bridgehead atoms. The van der Waals surface area contributed by atoms with Gasteiger partial charge in [-0.15, -0.1) is 0 Å². The molecule has 0 aliphatic carbocycles. The van der Waals surface area contributed by atoms with Gasteiger partial charge in [0.1, 0.15) is 11.3 Å². The maximum atomic E-state index is 9.31. The molecule has 1 heterocycles. The van der Waals surface area contributed by atoms with Crippen LogP contribution in [0, 0.1) is 0 Å². The van der Waals surface area contributed by atoms with Gasteiger partial charge in [0.05, 0.1) is 0 Å². The summed E-state index contributed by atoms with van der Waals surface area (Å²) in [5, 5.41) is 10.3. The first-order chi connectivity index (χ1) is 5.38. The third kappa shape index (κ3) is 2.45. The molecule has 0 saturated heterocycles. The van der Waals surface area contributed by atoms with Crippen LogP contribution in [-0.2, 0) is 34.1 Å². The fourth-order valence-electron chi connectivity index (χ4n) is 1.09. The van der Waals surface area contributed by atoms with Crippen LogP contribution in [-0.4, -0.2) is 10.1 Å². The first-order valence-corrected chi connectivity index (χ1v) is 3.40. The number of aromatic nitrogens is 1. The molecule has 2 aromatic rings. The Morgan fingerprint density at radius 1 is 1.00 bits per heavy atom. The molecule has 0 aliphatic heterocycles. The van der Waals surface area contributed by atoms with Gasteiger partial charge >= 0.3 is 0 Å². The van der Waals surface area contributed by atoms with Crippen LogP contribution >= 0.6 is 0 Å². The number of phenols is 1. The number of rotatable bonds is 0. The van der Waals surface area contributed by atoms with Crippen molar-refractivity contribution in [1.29, 1.82) is 0 Å². The summed E-state index contributed by atoms with van der Waals surface area (Å²) in [6, 6.07) is 9.13. The fourth-order valence-corrected chi connectivity index (χ4v) is 1.09. The van der Waals surface area contributed by atoms with Gasteiger partial charge in [-0.3, -0.25) is 4.98 Å².